The summed E-state index contributed by atoms with van der Waals surface area (Å²) in [5.74, 6) is 1.49. The number of hydrogen-bond acceptors (Lipinski definition) is 3. The van der Waals surface area contributed by atoms with E-state index < -0.39 is 0 Å². The third-order valence-corrected chi connectivity index (χ3v) is 3.71. The number of nitrogens with two attached hydrogens (primary N) is 1. The minimum atomic E-state index is 0.550. The smallest absolute Gasteiger partial charge is 0.126 e. The van der Waals surface area contributed by atoms with Crippen molar-refractivity contribution in [1.29, 1.82) is 0 Å². The first-order chi connectivity index (χ1) is 7.81. The molecular formula is C13H21N3. The molecule has 1 saturated carbocycles. The van der Waals surface area contributed by atoms with Crippen LogP contribution in [-0.4, -0.2) is 18.1 Å². The number of nitrogens with zero attached hydrogens (tertiary/aromatic N) is 1. The highest BCUT2D eigenvalue weighted by Gasteiger charge is 2.24. The van der Waals surface area contributed by atoms with Gasteiger partial charge in [-0.1, -0.05) is 18.9 Å². The van der Waals surface area contributed by atoms with E-state index in [0.717, 1.165) is 12.3 Å². The summed E-state index contributed by atoms with van der Waals surface area (Å²) in [5, 5.41) is 3.44. The molecule has 1 atom stereocenters. The Morgan fingerprint density at radius 3 is 2.88 bits per heavy atom. The Morgan fingerprint density at radius 2 is 2.25 bits per heavy atom. The first-order valence-corrected chi connectivity index (χ1v) is 6.18. The lowest BCUT2D eigenvalue weighted by Crippen LogP contribution is -2.34. The number of aromatic nitrogens is 1. The number of pyridine rings is 1. The Balaban J connectivity index is 2.03. The van der Waals surface area contributed by atoms with Crippen molar-refractivity contribution in [2.24, 2.45) is 5.92 Å². The van der Waals surface area contributed by atoms with Crippen LogP contribution < -0.4 is 11.1 Å². The number of anilines is 1. The fourth-order valence-electron chi connectivity index (χ4n) is 2.72. The normalized spacial score (nSPS) is 18.8. The maximum atomic E-state index is 5.88. The average Bonchev–Trinajstić information content (AvgIpc) is 2.81. The summed E-state index contributed by atoms with van der Waals surface area (Å²) in [7, 11) is 2.05. The van der Waals surface area contributed by atoms with Gasteiger partial charge >= 0.3 is 0 Å². The van der Waals surface area contributed by atoms with Gasteiger partial charge in [-0.2, -0.15) is 0 Å². The van der Waals surface area contributed by atoms with Crippen molar-refractivity contribution in [2.45, 2.75) is 38.1 Å². The van der Waals surface area contributed by atoms with Crippen LogP contribution in [0.25, 0.3) is 0 Å². The third-order valence-electron chi connectivity index (χ3n) is 3.71. The molecule has 1 aromatic heterocycles. The molecule has 0 amide bonds. The highest BCUT2D eigenvalue weighted by molar-refractivity contribution is 5.38. The zero-order valence-corrected chi connectivity index (χ0v) is 9.95. The molecule has 1 aliphatic rings. The van der Waals surface area contributed by atoms with Crippen LogP contribution in [0.1, 0.15) is 31.2 Å². The van der Waals surface area contributed by atoms with Gasteiger partial charge in [0.05, 0.1) is 0 Å². The van der Waals surface area contributed by atoms with Gasteiger partial charge in [-0.25, -0.2) is 4.98 Å². The van der Waals surface area contributed by atoms with Crippen LogP contribution in [-0.2, 0) is 6.42 Å². The molecule has 0 aliphatic heterocycles. The standard InChI is InChI=1S/C13H21N3/c1-15-12(10-5-2-3-6-10)9-11-7-4-8-16-13(11)14/h4,7-8,10,12,15H,2-3,5-6,9H2,1H3,(H2,14,16). The number of nitrogens with one attached hydrogen (secondary N) is 1. The predicted octanol–water partition coefficient (Wildman–Crippen LogP) is 1.98. The average molecular weight is 219 g/mol. The quantitative estimate of drug-likeness (QED) is 0.814. The Bertz CT molecular complexity index is 332. The van der Waals surface area contributed by atoms with Gasteiger partial charge in [0.15, 0.2) is 0 Å². The number of hydrogen-bond donors (Lipinski definition) is 2. The van der Waals surface area contributed by atoms with Crippen LogP contribution in [0.2, 0.25) is 0 Å². The summed E-state index contributed by atoms with van der Waals surface area (Å²) in [6.07, 6.45) is 8.22. The maximum Gasteiger partial charge on any atom is 0.126 e. The van der Waals surface area contributed by atoms with Gasteiger partial charge in [-0.3, -0.25) is 0 Å². The van der Waals surface area contributed by atoms with Crippen LogP contribution in [0, 0.1) is 5.92 Å². The number of rotatable bonds is 4. The summed E-state index contributed by atoms with van der Waals surface area (Å²) in [6, 6.07) is 4.60. The van der Waals surface area contributed by atoms with Crippen LogP contribution in [0.4, 0.5) is 5.82 Å². The van der Waals surface area contributed by atoms with Crippen LogP contribution in [0.5, 0.6) is 0 Å². The summed E-state index contributed by atoms with van der Waals surface area (Å²) in [4.78, 5) is 4.14. The van der Waals surface area contributed by atoms with Gasteiger partial charge in [0, 0.05) is 12.2 Å². The van der Waals surface area contributed by atoms with Crippen molar-refractivity contribution in [3.63, 3.8) is 0 Å². The summed E-state index contributed by atoms with van der Waals surface area (Å²) in [5.41, 5.74) is 7.06. The summed E-state index contributed by atoms with van der Waals surface area (Å²) < 4.78 is 0. The molecular weight excluding hydrogens is 198 g/mol. The minimum Gasteiger partial charge on any atom is -0.383 e. The molecule has 3 nitrogen and oxygen atoms in total. The molecule has 2 rings (SSSR count). The SMILES string of the molecule is CNC(Cc1cccnc1N)C1CCCC1. The predicted molar refractivity (Wildman–Crippen MR) is 67.2 cm³/mol. The van der Waals surface area contributed by atoms with Crippen LogP contribution in [0.3, 0.4) is 0 Å². The topological polar surface area (TPSA) is 50.9 Å². The van der Waals surface area contributed by atoms with E-state index in [0.29, 0.717) is 11.9 Å². The highest BCUT2D eigenvalue weighted by atomic mass is 14.9. The zero-order chi connectivity index (χ0) is 11.4. The molecule has 1 unspecified atom stereocenters. The zero-order valence-electron chi connectivity index (χ0n) is 9.95. The maximum absolute atomic E-state index is 5.88. The van der Waals surface area contributed by atoms with Gasteiger partial charge in [0.25, 0.3) is 0 Å². The molecule has 1 aliphatic carbocycles. The van der Waals surface area contributed by atoms with E-state index >= 15 is 0 Å². The first kappa shape index (κ1) is 11.4. The number of likely N-dealkylation sites (N-methyl/N-ethyl adjacent to an activating group) is 1. The molecule has 88 valence electrons. The second-order valence-electron chi connectivity index (χ2n) is 4.69. The lowest BCUT2D eigenvalue weighted by Gasteiger charge is -2.23. The Morgan fingerprint density at radius 1 is 1.50 bits per heavy atom. The van der Waals surface area contributed by atoms with Crippen molar-refractivity contribution < 1.29 is 0 Å². The fraction of sp³-hybridized carbons (Fsp3) is 0.615. The van der Waals surface area contributed by atoms with Crippen molar-refractivity contribution in [3.05, 3.63) is 23.9 Å². The Hall–Kier alpha value is -1.09. The second kappa shape index (κ2) is 5.30. The molecule has 0 aromatic carbocycles. The van der Waals surface area contributed by atoms with Gasteiger partial charge in [0.1, 0.15) is 5.82 Å². The second-order valence-corrected chi connectivity index (χ2v) is 4.69. The van der Waals surface area contributed by atoms with Gasteiger partial charge < -0.3 is 11.1 Å². The lowest BCUT2D eigenvalue weighted by molar-refractivity contribution is 0.377. The molecule has 1 aromatic rings. The molecule has 1 heterocycles. The Kier molecular flexibility index (Phi) is 3.78. The van der Waals surface area contributed by atoms with E-state index in [-0.39, 0.29) is 0 Å². The van der Waals surface area contributed by atoms with Gasteiger partial charge in [-0.15, -0.1) is 0 Å². The van der Waals surface area contributed by atoms with E-state index in [4.69, 9.17) is 5.73 Å². The van der Waals surface area contributed by atoms with Crippen molar-refractivity contribution in [2.75, 3.05) is 12.8 Å². The molecule has 0 saturated heterocycles. The molecule has 3 N–H and O–H groups in total. The van der Waals surface area contributed by atoms with E-state index in [1.54, 1.807) is 6.20 Å². The molecule has 0 bridgehead atoms. The summed E-state index contributed by atoms with van der Waals surface area (Å²) in [6.45, 7) is 0. The molecule has 1 fully saturated rings. The fourth-order valence-corrected chi connectivity index (χ4v) is 2.72. The molecule has 0 spiro atoms. The van der Waals surface area contributed by atoms with E-state index in [9.17, 15) is 0 Å². The van der Waals surface area contributed by atoms with E-state index in [1.165, 1.54) is 31.2 Å². The third kappa shape index (κ3) is 2.53. The highest BCUT2D eigenvalue weighted by Crippen LogP contribution is 2.29. The van der Waals surface area contributed by atoms with Crippen LogP contribution in [0.15, 0.2) is 18.3 Å². The largest absolute Gasteiger partial charge is 0.383 e. The minimum absolute atomic E-state index is 0.550. The van der Waals surface area contributed by atoms with Gasteiger partial charge in [0.2, 0.25) is 0 Å². The summed E-state index contributed by atoms with van der Waals surface area (Å²) >= 11 is 0. The molecule has 16 heavy (non-hydrogen) atoms. The van der Waals surface area contributed by atoms with Crippen LogP contribution >= 0.6 is 0 Å². The Labute approximate surface area is 97.5 Å². The monoisotopic (exact) mass is 219 g/mol. The molecule has 3 heteroatoms. The first-order valence-electron chi connectivity index (χ1n) is 6.18. The lowest BCUT2D eigenvalue weighted by atomic mass is 9.92. The molecule has 0 radical (unpaired) electrons. The number of nitrogen functional groups attached to an aromatic ring is 1. The van der Waals surface area contributed by atoms with Crippen molar-refractivity contribution >= 4 is 5.82 Å². The van der Waals surface area contributed by atoms with E-state index in [1.807, 2.05) is 6.07 Å². The van der Waals surface area contributed by atoms with Crippen molar-refractivity contribution in [3.8, 4) is 0 Å². The van der Waals surface area contributed by atoms with Crippen molar-refractivity contribution in [1.82, 2.24) is 10.3 Å². The van der Waals surface area contributed by atoms with E-state index in [2.05, 4.69) is 23.4 Å². The van der Waals surface area contributed by atoms with Gasteiger partial charge in [-0.05, 0) is 43.9 Å².